The maximum Gasteiger partial charge on any atom is 0.241 e. The summed E-state index contributed by atoms with van der Waals surface area (Å²) in [6, 6.07) is 6.17. The van der Waals surface area contributed by atoms with E-state index in [0.717, 1.165) is 19.3 Å². The van der Waals surface area contributed by atoms with Gasteiger partial charge in [-0.15, -0.1) is 0 Å². The van der Waals surface area contributed by atoms with Crippen molar-refractivity contribution in [2.24, 2.45) is 11.8 Å². The molecule has 0 atom stereocenters. The van der Waals surface area contributed by atoms with Crippen molar-refractivity contribution >= 4 is 11.6 Å². The summed E-state index contributed by atoms with van der Waals surface area (Å²) < 4.78 is 13.3. The average molecular weight is 252 g/mol. The largest absolute Gasteiger partial charge is 0.396 e. The number of carbonyl (C=O) groups excluding carboxylic acids is 1. The highest BCUT2D eigenvalue weighted by Gasteiger charge is 2.33. The number of benzene rings is 1. The number of nitrogens with one attached hydrogen (secondary N) is 2. The van der Waals surface area contributed by atoms with Gasteiger partial charge in [0.1, 0.15) is 5.82 Å². The number of para-hydroxylation sites is 1. The van der Waals surface area contributed by atoms with Crippen LogP contribution in [0.15, 0.2) is 24.3 Å². The lowest BCUT2D eigenvalue weighted by Gasteiger charge is -2.33. The van der Waals surface area contributed by atoms with Crippen LogP contribution in [0.3, 0.4) is 0 Å². The Morgan fingerprint density at radius 3 is 2.78 bits per heavy atom. The molecule has 0 heterocycles. The van der Waals surface area contributed by atoms with E-state index in [0.29, 0.717) is 5.92 Å². The first-order chi connectivity index (χ1) is 8.70. The summed E-state index contributed by atoms with van der Waals surface area (Å²) in [5, 5.41) is 8.75. The molecule has 1 aliphatic rings. The van der Waals surface area contributed by atoms with Crippen LogP contribution in [0.4, 0.5) is 10.1 Å². The van der Waals surface area contributed by atoms with E-state index in [2.05, 4.69) is 10.9 Å². The fourth-order valence-corrected chi connectivity index (χ4v) is 2.16. The number of rotatable bonds is 5. The van der Waals surface area contributed by atoms with Crippen LogP contribution < -0.4 is 10.9 Å². The molecule has 0 radical (unpaired) electrons. The van der Waals surface area contributed by atoms with Crippen molar-refractivity contribution in [3.8, 4) is 0 Å². The Balaban J connectivity index is 1.75. The Morgan fingerprint density at radius 1 is 1.39 bits per heavy atom. The second kappa shape index (κ2) is 5.82. The lowest BCUT2D eigenvalue weighted by molar-refractivity contribution is -0.128. The molecule has 5 heteroatoms. The Bertz CT molecular complexity index is 419. The number of hydrogen-bond acceptors (Lipinski definition) is 3. The van der Waals surface area contributed by atoms with Gasteiger partial charge >= 0.3 is 0 Å². The van der Waals surface area contributed by atoms with Gasteiger partial charge in [-0.25, -0.2) is 4.39 Å². The normalized spacial score (nSPS) is 22.1. The number of aliphatic hydroxyl groups is 1. The number of halogens is 1. The van der Waals surface area contributed by atoms with E-state index in [1.807, 2.05) is 0 Å². The molecule has 1 amide bonds. The zero-order valence-corrected chi connectivity index (χ0v) is 10.0. The zero-order chi connectivity index (χ0) is 13.0. The van der Waals surface area contributed by atoms with Gasteiger partial charge in [-0.2, -0.15) is 0 Å². The molecule has 0 saturated heterocycles. The van der Waals surface area contributed by atoms with Crippen LogP contribution in [0.2, 0.25) is 0 Å². The van der Waals surface area contributed by atoms with Gasteiger partial charge in [-0.05, 0) is 37.3 Å². The lowest BCUT2D eigenvalue weighted by Crippen LogP contribution is -2.41. The third-order valence-corrected chi connectivity index (χ3v) is 3.34. The molecule has 1 saturated carbocycles. The molecule has 0 spiro atoms. The monoisotopic (exact) mass is 252 g/mol. The summed E-state index contributed by atoms with van der Waals surface area (Å²) in [5.74, 6) is -0.1000. The van der Waals surface area contributed by atoms with Crippen molar-refractivity contribution in [2.45, 2.75) is 19.3 Å². The third-order valence-electron chi connectivity index (χ3n) is 3.34. The number of amides is 1. The van der Waals surface area contributed by atoms with Crippen molar-refractivity contribution in [3.63, 3.8) is 0 Å². The third kappa shape index (κ3) is 2.98. The molecule has 1 aromatic rings. The minimum absolute atomic E-state index is 0.0270. The van der Waals surface area contributed by atoms with Gasteiger partial charge in [0, 0.05) is 12.5 Å². The van der Waals surface area contributed by atoms with E-state index in [4.69, 9.17) is 5.11 Å². The van der Waals surface area contributed by atoms with E-state index in [-0.39, 0.29) is 24.1 Å². The summed E-state index contributed by atoms with van der Waals surface area (Å²) in [4.78, 5) is 11.7. The zero-order valence-electron chi connectivity index (χ0n) is 10.0. The molecule has 0 aromatic heterocycles. The van der Waals surface area contributed by atoms with Gasteiger partial charge in [0.25, 0.3) is 0 Å². The standard InChI is InChI=1S/C13H17FN2O2/c14-11-3-1-2-4-12(11)15-16-13(18)10-7-9(8-10)5-6-17/h1-4,9-10,15,17H,5-8H2,(H,16,18). The Kier molecular flexibility index (Phi) is 4.15. The van der Waals surface area contributed by atoms with Gasteiger partial charge in [0.15, 0.2) is 0 Å². The lowest BCUT2D eigenvalue weighted by atomic mass is 9.73. The van der Waals surface area contributed by atoms with Crippen LogP contribution in [-0.2, 0) is 4.79 Å². The van der Waals surface area contributed by atoms with Crippen molar-refractivity contribution in [2.75, 3.05) is 12.0 Å². The molecule has 1 aromatic carbocycles. The van der Waals surface area contributed by atoms with Crippen molar-refractivity contribution < 1.29 is 14.3 Å². The van der Waals surface area contributed by atoms with Crippen LogP contribution in [0.5, 0.6) is 0 Å². The molecule has 0 bridgehead atoms. The number of aliphatic hydroxyl groups excluding tert-OH is 1. The van der Waals surface area contributed by atoms with E-state index < -0.39 is 5.82 Å². The van der Waals surface area contributed by atoms with E-state index in [1.165, 1.54) is 6.07 Å². The quantitative estimate of drug-likeness (QED) is 0.699. The van der Waals surface area contributed by atoms with Gasteiger partial charge < -0.3 is 5.11 Å². The molecule has 18 heavy (non-hydrogen) atoms. The van der Waals surface area contributed by atoms with E-state index in [9.17, 15) is 9.18 Å². The molecular weight excluding hydrogens is 235 g/mol. The second-order valence-corrected chi connectivity index (χ2v) is 4.64. The highest BCUT2D eigenvalue weighted by atomic mass is 19.1. The van der Waals surface area contributed by atoms with Crippen molar-refractivity contribution in [1.29, 1.82) is 0 Å². The SMILES string of the molecule is O=C(NNc1ccccc1F)C1CC(CCO)C1. The van der Waals surface area contributed by atoms with Gasteiger partial charge in [-0.3, -0.25) is 15.6 Å². The van der Waals surface area contributed by atoms with Crippen LogP contribution in [0.1, 0.15) is 19.3 Å². The molecule has 98 valence electrons. The molecular formula is C13H17FN2O2. The topological polar surface area (TPSA) is 61.4 Å². The van der Waals surface area contributed by atoms with Crippen molar-refractivity contribution in [1.82, 2.24) is 5.43 Å². The fraction of sp³-hybridized carbons (Fsp3) is 0.462. The van der Waals surface area contributed by atoms with Gasteiger partial charge in [-0.1, -0.05) is 12.1 Å². The van der Waals surface area contributed by atoms with Crippen LogP contribution in [-0.4, -0.2) is 17.6 Å². The van der Waals surface area contributed by atoms with Gasteiger partial charge in [0.2, 0.25) is 5.91 Å². The molecule has 1 aliphatic carbocycles. The van der Waals surface area contributed by atoms with Crippen LogP contribution in [0.25, 0.3) is 0 Å². The molecule has 2 rings (SSSR count). The Labute approximate surface area is 105 Å². The second-order valence-electron chi connectivity index (χ2n) is 4.64. The number of hydrazine groups is 1. The molecule has 1 fully saturated rings. The smallest absolute Gasteiger partial charge is 0.241 e. The highest BCUT2D eigenvalue weighted by molar-refractivity contribution is 5.80. The molecule has 0 unspecified atom stereocenters. The summed E-state index contributed by atoms with van der Waals surface area (Å²) in [5.41, 5.74) is 5.36. The fourth-order valence-electron chi connectivity index (χ4n) is 2.16. The van der Waals surface area contributed by atoms with Crippen LogP contribution in [0, 0.1) is 17.7 Å². The minimum atomic E-state index is -0.399. The first-order valence-corrected chi connectivity index (χ1v) is 6.12. The van der Waals surface area contributed by atoms with Gasteiger partial charge in [0.05, 0.1) is 5.69 Å². The Hall–Kier alpha value is -1.62. The number of carbonyl (C=O) groups is 1. The van der Waals surface area contributed by atoms with E-state index in [1.54, 1.807) is 18.2 Å². The first kappa shape index (κ1) is 12.8. The number of hydrogen-bond donors (Lipinski definition) is 3. The highest BCUT2D eigenvalue weighted by Crippen LogP contribution is 2.35. The average Bonchev–Trinajstić information content (AvgIpc) is 2.32. The predicted octanol–water partition coefficient (Wildman–Crippen LogP) is 1.68. The number of anilines is 1. The van der Waals surface area contributed by atoms with Crippen LogP contribution >= 0.6 is 0 Å². The summed E-state index contributed by atoms with van der Waals surface area (Å²) >= 11 is 0. The molecule has 4 nitrogen and oxygen atoms in total. The maximum absolute atomic E-state index is 13.3. The Morgan fingerprint density at radius 2 is 2.11 bits per heavy atom. The minimum Gasteiger partial charge on any atom is -0.396 e. The summed E-state index contributed by atoms with van der Waals surface area (Å²) in [6.07, 6.45) is 2.35. The summed E-state index contributed by atoms with van der Waals surface area (Å²) in [7, 11) is 0. The molecule has 3 N–H and O–H groups in total. The summed E-state index contributed by atoms with van der Waals surface area (Å²) in [6.45, 7) is 0.173. The first-order valence-electron chi connectivity index (χ1n) is 6.12. The molecule has 0 aliphatic heterocycles. The maximum atomic E-state index is 13.3. The van der Waals surface area contributed by atoms with Crippen molar-refractivity contribution in [3.05, 3.63) is 30.1 Å². The predicted molar refractivity (Wildman–Crippen MR) is 66.1 cm³/mol. The van der Waals surface area contributed by atoms with E-state index >= 15 is 0 Å².